The molecule has 1 aliphatic heterocycles. The zero-order chi connectivity index (χ0) is 16.1. The van der Waals surface area contributed by atoms with Gasteiger partial charge in [-0.2, -0.15) is 10.1 Å². The summed E-state index contributed by atoms with van der Waals surface area (Å²) in [5.41, 5.74) is 1.08. The quantitative estimate of drug-likeness (QED) is 0.900. The van der Waals surface area contributed by atoms with E-state index in [9.17, 15) is 4.39 Å². The minimum atomic E-state index is -0.210. The summed E-state index contributed by atoms with van der Waals surface area (Å²) in [6.45, 7) is 4.55. The van der Waals surface area contributed by atoms with Crippen LogP contribution in [0.5, 0.6) is 0 Å². The van der Waals surface area contributed by atoms with Crippen molar-refractivity contribution >= 4 is 11.8 Å². The van der Waals surface area contributed by atoms with Gasteiger partial charge in [-0.3, -0.25) is 0 Å². The van der Waals surface area contributed by atoms with Gasteiger partial charge >= 0.3 is 0 Å². The summed E-state index contributed by atoms with van der Waals surface area (Å²) in [5, 5.41) is 11.4. The number of hydrogen-bond acceptors (Lipinski definition) is 6. The second-order valence-corrected chi connectivity index (χ2v) is 5.74. The molecule has 7 heteroatoms. The van der Waals surface area contributed by atoms with Gasteiger partial charge in [0.25, 0.3) is 0 Å². The first kappa shape index (κ1) is 15.6. The summed E-state index contributed by atoms with van der Waals surface area (Å²) < 4.78 is 12.9. The summed E-state index contributed by atoms with van der Waals surface area (Å²) in [7, 11) is 2.11. The number of halogens is 1. The Bertz CT molecular complexity index is 625. The van der Waals surface area contributed by atoms with Crippen LogP contribution in [0.1, 0.15) is 5.56 Å². The minimum absolute atomic E-state index is 0.210. The van der Waals surface area contributed by atoms with Gasteiger partial charge in [0.2, 0.25) is 5.95 Å². The van der Waals surface area contributed by atoms with Gasteiger partial charge < -0.3 is 15.1 Å². The Balaban J connectivity index is 1.54. The van der Waals surface area contributed by atoms with Crippen LogP contribution in [0.4, 0.5) is 16.2 Å². The molecule has 1 aromatic heterocycles. The molecule has 122 valence electrons. The predicted octanol–water partition coefficient (Wildman–Crippen LogP) is 1.42. The highest BCUT2D eigenvalue weighted by atomic mass is 19.1. The fourth-order valence-electron chi connectivity index (χ4n) is 2.51. The Kier molecular flexibility index (Phi) is 4.97. The van der Waals surface area contributed by atoms with Gasteiger partial charge in [0.15, 0.2) is 5.82 Å². The third-order valence-electron chi connectivity index (χ3n) is 3.97. The molecule has 0 saturated carbocycles. The van der Waals surface area contributed by atoms with Crippen molar-refractivity contribution in [2.24, 2.45) is 0 Å². The van der Waals surface area contributed by atoms with Gasteiger partial charge in [-0.25, -0.2) is 4.39 Å². The summed E-state index contributed by atoms with van der Waals surface area (Å²) >= 11 is 0. The van der Waals surface area contributed by atoms with E-state index in [0.29, 0.717) is 12.5 Å². The van der Waals surface area contributed by atoms with Gasteiger partial charge in [0.05, 0.1) is 6.20 Å². The second-order valence-electron chi connectivity index (χ2n) is 5.74. The van der Waals surface area contributed by atoms with Crippen molar-refractivity contribution in [2.45, 2.75) is 6.42 Å². The normalized spacial score (nSPS) is 15.7. The Morgan fingerprint density at radius 2 is 1.87 bits per heavy atom. The van der Waals surface area contributed by atoms with E-state index in [1.54, 1.807) is 18.3 Å². The van der Waals surface area contributed by atoms with Crippen LogP contribution in [-0.2, 0) is 6.42 Å². The molecular weight excluding hydrogens is 295 g/mol. The summed E-state index contributed by atoms with van der Waals surface area (Å²) in [4.78, 5) is 8.97. The molecule has 0 spiro atoms. The molecule has 2 heterocycles. The van der Waals surface area contributed by atoms with E-state index in [1.807, 2.05) is 0 Å². The Hall–Kier alpha value is -2.28. The molecule has 0 bridgehead atoms. The fraction of sp³-hybridized carbons (Fsp3) is 0.438. The first-order chi connectivity index (χ1) is 11.2. The lowest BCUT2D eigenvalue weighted by Crippen LogP contribution is -2.45. The molecule has 1 fully saturated rings. The van der Waals surface area contributed by atoms with Gasteiger partial charge in [-0.1, -0.05) is 12.1 Å². The molecule has 1 aliphatic rings. The van der Waals surface area contributed by atoms with Crippen LogP contribution in [0.15, 0.2) is 30.5 Å². The van der Waals surface area contributed by atoms with E-state index in [2.05, 4.69) is 37.3 Å². The average molecular weight is 316 g/mol. The first-order valence-electron chi connectivity index (χ1n) is 7.82. The Labute approximate surface area is 135 Å². The summed E-state index contributed by atoms with van der Waals surface area (Å²) in [5.74, 6) is 1.18. The number of nitrogens with one attached hydrogen (secondary N) is 1. The van der Waals surface area contributed by atoms with E-state index >= 15 is 0 Å². The van der Waals surface area contributed by atoms with Crippen molar-refractivity contribution in [1.29, 1.82) is 0 Å². The number of anilines is 2. The highest BCUT2D eigenvalue weighted by Crippen LogP contribution is 2.12. The van der Waals surface area contributed by atoms with Crippen molar-refractivity contribution in [1.82, 2.24) is 20.1 Å². The highest BCUT2D eigenvalue weighted by Gasteiger charge is 2.17. The van der Waals surface area contributed by atoms with Crippen LogP contribution in [0.3, 0.4) is 0 Å². The lowest BCUT2D eigenvalue weighted by Gasteiger charge is -2.32. The molecule has 0 radical (unpaired) electrons. The van der Waals surface area contributed by atoms with E-state index in [4.69, 9.17) is 0 Å². The molecule has 3 rings (SSSR count). The lowest BCUT2D eigenvalue weighted by molar-refractivity contribution is 0.311. The third kappa shape index (κ3) is 4.35. The van der Waals surface area contributed by atoms with E-state index < -0.39 is 0 Å². The molecule has 2 aromatic rings. The number of hydrogen-bond donors (Lipinski definition) is 1. The molecule has 1 aromatic carbocycles. The minimum Gasteiger partial charge on any atom is -0.368 e. The average Bonchev–Trinajstić information content (AvgIpc) is 2.58. The largest absolute Gasteiger partial charge is 0.368 e. The molecule has 0 aliphatic carbocycles. The molecule has 1 saturated heterocycles. The van der Waals surface area contributed by atoms with Crippen LogP contribution >= 0.6 is 0 Å². The molecule has 0 atom stereocenters. The number of benzene rings is 1. The number of nitrogens with zero attached hydrogens (tertiary/aromatic N) is 5. The van der Waals surface area contributed by atoms with Crippen LogP contribution < -0.4 is 10.2 Å². The molecule has 1 N–H and O–H groups in total. The molecule has 0 unspecified atom stereocenters. The molecular formula is C16H21FN6. The Morgan fingerprint density at radius 1 is 1.13 bits per heavy atom. The fourth-order valence-corrected chi connectivity index (χ4v) is 2.51. The van der Waals surface area contributed by atoms with E-state index in [-0.39, 0.29) is 5.82 Å². The topological polar surface area (TPSA) is 57.2 Å². The van der Waals surface area contributed by atoms with E-state index in [0.717, 1.165) is 44.0 Å². The molecule has 0 amide bonds. The smallest absolute Gasteiger partial charge is 0.247 e. The van der Waals surface area contributed by atoms with Crippen molar-refractivity contribution in [2.75, 3.05) is 50.0 Å². The van der Waals surface area contributed by atoms with Crippen molar-refractivity contribution in [3.05, 3.63) is 41.8 Å². The number of likely N-dealkylation sites (N-methyl/N-ethyl adjacent to an activating group) is 1. The zero-order valence-corrected chi connectivity index (χ0v) is 13.2. The van der Waals surface area contributed by atoms with Gasteiger partial charge in [-0.15, -0.1) is 5.10 Å². The van der Waals surface area contributed by atoms with Crippen LogP contribution in [0.25, 0.3) is 0 Å². The van der Waals surface area contributed by atoms with Crippen LogP contribution in [-0.4, -0.2) is 59.9 Å². The second kappa shape index (κ2) is 7.32. The van der Waals surface area contributed by atoms with Gasteiger partial charge in [0.1, 0.15) is 5.82 Å². The monoisotopic (exact) mass is 316 g/mol. The predicted molar refractivity (Wildman–Crippen MR) is 88.1 cm³/mol. The summed E-state index contributed by atoms with van der Waals surface area (Å²) in [6, 6.07) is 6.55. The SMILES string of the molecule is CN1CCN(c2nncc(NCCc3ccc(F)cc3)n2)CC1. The standard InChI is InChI=1S/C16H21FN6/c1-22-8-10-23(11-9-22)16-20-15(12-19-21-16)18-7-6-13-2-4-14(17)5-3-13/h2-5,12H,6-11H2,1H3,(H,18,20,21). The Morgan fingerprint density at radius 3 is 2.61 bits per heavy atom. The molecule has 6 nitrogen and oxygen atoms in total. The van der Waals surface area contributed by atoms with Crippen molar-refractivity contribution in [3.8, 4) is 0 Å². The van der Waals surface area contributed by atoms with Gasteiger partial charge in [0, 0.05) is 32.7 Å². The third-order valence-corrected chi connectivity index (χ3v) is 3.97. The molecule has 23 heavy (non-hydrogen) atoms. The maximum Gasteiger partial charge on any atom is 0.247 e. The van der Waals surface area contributed by atoms with Crippen molar-refractivity contribution in [3.63, 3.8) is 0 Å². The van der Waals surface area contributed by atoms with Gasteiger partial charge in [-0.05, 0) is 31.2 Å². The maximum atomic E-state index is 12.9. The maximum absolute atomic E-state index is 12.9. The lowest BCUT2D eigenvalue weighted by atomic mass is 10.1. The van der Waals surface area contributed by atoms with Crippen LogP contribution in [0.2, 0.25) is 0 Å². The zero-order valence-electron chi connectivity index (χ0n) is 13.2. The number of rotatable bonds is 5. The van der Waals surface area contributed by atoms with E-state index in [1.165, 1.54) is 12.1 Å². The first-order valence-corrected chi connectivity index (χ1v) is 7.82. The number of aromatic nitrogens is 3. The summed E-state index contributed by atoms with van der Waals surface area (Å²) in [6.07, 6.45) is 2.43. The highest BCUT2D eigenvalue weighted by molar-refractivity contribution is 5.39. The van der Waals surface area contributed by atoms with Crippen LogP contribution in [0, 0.1) is 5.82 Å². The number of piperazine rings is 1. The van der Waals surface area contributed by atoms with Crippen molar-refractivity contribution < 1.29 is 4.39 Å².